The highest BCUT2D eigenvalue weighted by molar-refractivity contribution is 6.07. The summed E-state index contributed by atoms with van der Waals surface area (Å²) < 4.78 is 0. The summed E-state index contributed by atoms with van der Waals surface area (Å²) in [7, 11) is 0. The number of amides is 5. The molecule has 9 nitrogen and oxygen atoms in total. The molecule has 32 heavy (non-hydrogen) atoms. The van der Waals surface area contributed by atoms with Crippen LogP contribution in [0, 0.1) is 0 Å². The molecule has 3 aliphatic heterocycles. The third-order valence-corrected chi connectivity index (χ3v) is 6.75. The summed E-state index contributed by atoms with van der Waals surface area (Å²) in [5.41, 5.74) is 0.394. The fourth-order valence-corrected chi connectivity index (χ4v) is 4.95. The van der Waals surface area contributed by atoms with Crippen molar-refractivity contribution in [3.63, 3.8) is 0 Å². The quantitative estimate of drug-likeness (QED) is 0.655. The molecular weight excluding hydrogens is 410 g/mol. The number of likely N-dealkylation sites (tertiary alicyclic amines) is 2. The minimum absolute atomic E-state index is 0.0661. The van der Waals surface area contributed by atoms with Gasteiger partial charge in [0, 0.05) is 39.6 Å². The van der Waals surface area contributed by atoms with Crippen LogP contribution in [0.25, 0.3) is 0 Å². The summed E-state index contributed by atoms with van der Waals surface area (Å²) in [6.45, 7) is 4.48. The fraction of sp³-hybridized carbons (Fsp3) is 0.565. The van der Waals surface area contributed by atoms with E-state index in [1.807, 2.05) is 18.2 Å². The van der Waals surface area contributed by atoms with E-state index in [2.05, 4.69) is 27.7 Å². The van der Waals surface area contributed by atoms with Crippen LogP contribution in [0.2, 0.25) is 0 Å². The first kappa shape index (κ1) is 22.3. The SMILES string of the molecule is CC(=O)NCC(=O)N1CCC[C@H](N2C(=O)NC3(CCN(Cc4ccccc4)CC3)C2=O)C1. The van der Waals surface area contributed by atoms with Crippen molar-refractivity contribution >= 4 is 23.8 Å². The zero-order valence-electron chi connectivity index (χ0n) is 18.5. The van der Waals surface area contributed by atoms with Gasteiger partial charge in [0.25, 0.3) is 5.91 Å². The van der Waals surface area contributed by atoms with Gasteiger partial charge in [-0.2, -0.15) is 0 Å². The number of carbonyl (C=O) groups excluding carboxylic acids is 4. The molecule has 2 N–H and O–H groups in total. The Bertz CT molecular complexity index is 882. The molecule has 1 atom stereocenters. The molecular formula is C23H31N5O4. The lowest BCUT2D eigenvalue weighted by Crippen LogP contribution is -2.56. The Balaban J connectivity index is 1.36. The number of piperidine rings is 2. The smallest absolute Gasteiger partial charge is 0.325 e. The van der Waals surface area contributed by atoms with E-state index in [-0.39, 0.29) is 36.3 Å². The van der Waals surface area contributed by atoms with Gasteiger partial charge in [-0.25, -0.2) is 4.79 Å². The molecule has 1 spiro atoms. The number of urea groups is 1. The summed E-state index contributed by atoms with van der Waals surface area (Å²) >= 11 is 0. The Labute approximate surface area is 188 Å². The summed E-state index contributed by atoms with van der Waals surface area (Å²) in [5, 5.41) is 5.50. The Hall–Kier alpha value is -2.94. The zero-order chi connectivity index (χ0) is 22.7. The van der Waals surface area contributed by atoms with Crippen LogP contribution in [-0.2, 0) is 20.9 Å². The number of nitrogens with one attached hydrogen (secondary N) is 2. The van der Waals surface area contributed by atoms with E-state index in [0.29, 0.717) is 38.8 Å². The van der Waals surface area contributed by atoms with Crippen LogP contribution in [0.15, 0.2) is 30.3 Å². The van der Waals surface area contributed by atoms with Crippen molar-refractivity contribution in [3.8, 4) is 0 Å². The first-order valence-electron chi connectivity index (χ1n) is 11.3. The summed E-state index contributed by atoms with van der Waals surface area (Å²) in [4.78, 5) is 55.1. The summed E-state index contributed by atoms with van der Waals surface area (Å²) in [6.07, 6.45) is 2.56. The number of hydrogen-bond donors (Lipinski definition) is 2. The van der Waals surface area contributed by atoms with Crippen molar-refractivity contribution in [2.45, 2.75) is 50.7 Å². The molecule has 172 valence electrons. The third kappa shape index (κ3) is 4.62. The number of hydrogen-bond acceptors (Lipinski definition) is 5. The van der Waals surface area contributed by atoms with E-state index in [4.69, 9.17) is 0 Å². The van der Waals surface area contributed by atoms with Crippen molar-refractivity contribution in [2.24, 2.45) is 0 Å². The molecule has 0 bridgehead atoms. The second-order valence-electron chi connectivity index (χ2n) is 8.99. The number of nitrogens with zero attached hydrogens (tertiary/aromatic N) is 3. The van der Waals surface area contributed by atoms with E-state index in [9.17, 15) is 19.2 Å². The van der Waals surface area contributed by atoms with Crippen molar-refractivity contribution in [1.82, 2.24) is 25.3 Å². The van der Waals surface area contributed by atoms with E-state index in [1.54, 1.807) is 4.90 Å². The Morgan fingerprint density at radius 1 is 1.12 bits per heavy atom. The van der Waals surface area contributed by atoms with Gasteiger partial charge in [-0.15, -0.1) is 0 Å². The van der Waals surface area contributed by atoms with Crippen LogP contribution < -0.4 is 10.6 Å². The maximum Gasteiger partial charge on any atom is 0.325 e. The van der Waals surface area contributed by atoms with Gasteiger partial charge in [0.1, 0.15) is 5.54 Å². The van der Waals surface area contributed by atoms with E-state index in [1.165, 1.54) is 17.4 Å². The molecule has 9 heteroatoms. The lowest BCUT2D eigenvalue weighted by Gasteiger charge is -2.39. The van der Waals surface area contributed by atoms with Crippen LogP contribution in [0.1, 0.15) is 38.2 Å². The molecule has 0 radical (unpaired) electrons. The number of imide groups is 1. The number of benzene rings is 1. The van der Waals surface area contributed by atoms with Crippen LogP contribution in [0.4, 0.5) is 4.79 Å². The van der Waals surface area contributed by atoms with Crippen LogP contribution in [0.3, 0.4) is 0 Å². The van der Waals surface area contributed by atoms with Gasteiger partial charge in [0.2, 0.25) is 11.8 Å². The van der Waals surface area contributed by atoms with Crippen molar-refractivity contribution in [1.29, 1.82) is 0 Å². The maximum atomic E-state index is 13.4. The Morgan fingerprint density at radius 2 is 1.84 bits per heavy atom. The largest absolute Gasteiger partial charge is 0.347 e. The van der Waals surface area contributed by atoms with Crippen LogP contribution in [0.5, 0.6) is 0 Å². The van der Waals surface area contributed by atoms with Crippen molar-refractivity contribution < 1.29 is 19.2 Å². The van der Waals surface area contributed by atoms with Gasteiger partial charge in [0.05, 0.1) is 12.6 Å². The molecule has 3 aliphatic rings. The Morgan fingerprint density at radius 3 is 2.53 bits per heavy atom. The number of rotatable bonds is 5. The van der Waals surface area contributed by atoms with Gasteiger partial charge < -0.3 is 15.5 Å². The van der Waals surface area contributed by atoms with E-state index >= 15 is 0 Å². The fourth-order valence-electron chi connectivity index (χ4n) is 4.95. The maximum absolute atomic E-state index is 13.4. The summed E-state index contributed by atoms with van der Waals surface area (Å²) in [6, 6.07) is 9.54. The highest BCUT2D eigenvalue weighted by atomic mass is 16.2. The summed E-state index contributed by atoms with van der Waals surface area (Å²) in [5.74, 6) is -0.620. The second kappa shape index (κ2) is 9.28. The van der Waals surface area contributed by atoms with Crippen molar-refractivity contribution in [2.75, 3.05) is 32.7 Å². The average molecular weight is 442 g/mol. The molecule has 3 fully saturated rings. The molecule has 0 aromatic heterocycles. The van der Waals surface area contributed by atoms with Gasteiger partial charge >= 0.3 is 6.03 Å². The molecule has 3 saturated heterocycles. The molecule has 0 saturated carbocycles. The van der Waals surface area contributed by atoms with E-state index < -0.39 is 5.54 Å². The molecule has 4 rings (SSSR count). The van der Waals surface area contributed by atoms with Crippen LogP contribution in [-0.4, -0.2) is 82.8 Å². The minimum atomic E-state index is -0.841. The number of carbonyl (C=O) groups is 4. The van der Waals surface area contributed by atoms with Crippen molar-refractivity contribution in [3.05, 3.63) is 35.9 Å². The molecule has 0 unspecified atom stereocenters. The first-order chi connectivity index (χ1) is 15.4. The minimum Gasteiger partial charge on any atom is -0.347 e. The predicted octanol–water partition coefficient (Wildman–Crippen LogP) is 0.700. The second-order valence-corrected chi connectivity index (χ2v) is 8.99. The molecule has 5 amide bonds. The first-order valence-corrected chi connectivity index (χ1v) is 11.3. The molecule has 0 aliphatic carbocycles. The Kier molecular flexibility index (Phi) is 6.45. The molecule has 1 aromatic rings. The zero-order valence-corrected chi connectivity index (χ0v) is 18.5. The van der Waals surface area contributed by atoms with Gasteiger partial charge in [-0.3, -0.25) is 24.2 Å². The van der Waals surface area contributed by atoms with Gasteiger partial charge in [-0.05, 0) is 31.2 Å². The van der Waals surface area contributed by atoms with Gasteiger partial charge in [0.15, 0.2) is 0 Å². The third-order valence-electron chi connectivity index (χ3n) is 6.75. The lowest BCUT2D eigenvalue weighted by molar-refractivity contribution is -0.139. The molecule has 1 aromatic carbocycles. The lowest BCUT2D eigenvalue weighted by atomic mass is 9.87. The highest BCUT2D eigenvalue weighted by Crippen LogP contribution is 2.32. The topological polar surface area (TPSA) is 102 Å². The van der Waals surface area contributed by atoms with Crippen LogP contribution >= 0.6 is 0 Å². The standard InChI is InChI=1S/C23H31N5O4/c1-17(29)24-14-20(30)27-11-5-8-19(16-27)28-21(31)23(25-22(28)32)9-12-26(13-10-23)15-18-6-3-2-4-7-18/h2-4,6-7,19H,5,8-16H2,1H3,(H,24,29)(H,25,32)/t19-/m0/s1. The highest BCUT2D eigenvalue weighted by Gasteiger charge is 2.54. The van der Waals surface area contributed by atoms with E-state index in [0.717, 1.165) is 19.6 Å². The predicted molar refractivity (Wildman–Crippen MR) is 117 cm³/mol. The monoisotopic (exact) mass is 441 g/mol. The van der Waals surface area contributed by atoms with Gasteiger partial charge in [-0.1, -0.05) is 30.3 Å². The normalized spacial score (nSPS) is 23.3. The average Bonchev–Trinajstić information content (AvgIpc) is 3.03. The molecule has 3 heterocycles.